The number of benzene rings is 1. The van der Waals surface area contributed by atoms with E-state index >= 15 is 0 Å². The molecule has 1 aromatic rings. The number of hydrogen-bond acceptors (Lipinski definition) is 4. The molecule has 4 heteroatoms. The minimum Gasteiger partial charge on any atom is -0.497 e. The number of ether oxygens (including phenoxy) is 2. The summed E-state index contributed by atoms with van der Waals surface area (Å²) in [5.41, 5.74) is 7.14. The van der Waals surface area contributed by atoms with Gasteiger partial charge < -0.3 is 15.2 Å². The molecule has 0 aliphatic rings. The van der Waals surface area contributed by atoms with Crippen molar-refractivity contribution < 1.29 is 9.47 Å². The van der Waals surface area contributed by atoms with Crippen molar-refractivity contribution in [1.29, 1.82) is 0 Å². The molecule has 0 saturated heterocycles. The summed E-state index contributed by atoms with van der Waals surface area (Å²) < 4.78 is 10.8. The Kier molecular flexibility index (Phi) is 6.82. The lowest BCUT2D eigenvalue weighted by molar-refractivity contribution is 0.149. The fourth-order valence-electron chi connectivity index (χ4n) is 2.61. The van der Waals surface area contributed by atoms with Crippen LogP contribution in [0.15, 0.2) is 18.2 Å². The van der Waals surface area contributed by atoms with Crippen LogP contribution in [0.25, 0.3) is 0 Å². The molecule has 0 amide bonds. The van der Waals surface area contributed by atoms with E-state index in [9.17, 15) is 0 Å². The van der Waals surface area contributed by atoms with E-state index in [1.165, 1.54) is 0 Å². The monoisotopic (exact) mass is 280 g/mol. The Bertz CT molecular complexity index is 409. The van der Waals surface area contributed by atoms with Gasteiger partial charge in [0.1, 0.15) is 11.5 Å². The Labute approximate surface area is 122 Å². The number of likely N-dealkylation sites (N-methyl/N-ethyl adjacent to an activating group) is 1. The fraction of sp³-hybridized carbons (Fsp3) is 0.625. The second-order valence-electron chi connectivity index (χ2n) is 4.95. The van der Waals surface area contributed by atoms with E-state index in [1.54, 1.807) is 14.2 Å². The van der Waals surface area contributed by atoms with Gasteiger partial charge in [-0.2, -0.15) is 0 Å². The van der Waals surface area contributed by atoms with Crippen LogP contribution in [0.4, 0.5) is 0 Å². The van der Waals surface area contributed by atoms with Crippen LogP contribution in [-0.4, -0.2) is 38.3 Å². The standard InChI is InChI=1S/C16H28N2O2/c1-6-12(3)18(7-2)15(11-17)14-10-13(19-4)8-9-16(14)20-5/h8-10,12,15H,6-7,11,17H2,1-5H3. The van der Waals surface area contributed by atoms with Gasteiger partial charge >= 0.3 is 0 Å². The van der Waals surface area contributed by atoms with Gasteiger partial charge in [-0.1, -0.05) is 13.8 Å². The Hall–Kier alpha value is -1.26. The highest BCUT2D eigenvalue weighted by molar-refractivity contribution is 5.42. The number of hydrogen-bond donors (Lipinski definition) is 1. The maximum atomic E-state index is 6.05. The summed E-state index contributed by atoms with van der Waals surface area (Å²) in [5, 5.41) is 0. The average molecular weight is 280 g/mol. The first-order chi connectivity index (χ1) is 9.62. The maximum Gasteiger partial charge on any atom is 0.123 e. The minimum absolute atomic E-state index is 0.139. The third kappa shape index (κ3) is 3.64. The lowest BCUT2D eigenvalue weighted by atomic mass is 10.0. The number of nitrogens with zero attached hydrogens (tertiary/aromatic N) is 1. The van der Waals surface area contributed by atoms with Gasteiger partial charge in [-0.25, -0.2) is 0 Å². The molecule has 0 fully saturated rings. The molecule has 114 valence electrons. The normalized spacial score (nSPS) is 14.2. The molecule has 0 bridgehead atoms. The molecule has 0 aliphatic carbocycles. The molecule has 0 radical (unpaired) electrons. The van der Waals surface area contributed by atoms with E-state index in [-0.39, 0.29) is 6.04 Å². The average Bonchev–Trinajstić information content (AvgIpc) is 2.51. The summed E-state index contributed by atoms with van der Waals surface area (Å²) in [7, 11) is 3.37. The quantitative estimate of drug-likeness (QED) is 0.795. The van der Waals surface area contributed by atoms with Crippen LogP contribution in [0.3, 0.4) is 0 Å². The van der Waals surface area contributed by atoms with Crippen molar-refractivity contribution in [3.63, 3.8) is 0 Å². The van der Waals surface area contributed by atoms with Crippen molar-refractivity contribution in [3.05, 3.63) is 23.8 Å². The Morgan fingerprint density at radius 2 is 1.90 bits per heavy atom. The van der Waals surface area contributed by atoms with Crippen LogP contribution in [0.2, 0.25) is 0 Å². The molecule has 0 spiro atoms. The first-order valence-corrected chi connectivity index (χ1v) is 7.30. The van der Waals surface area contributed by atoms with E-state index in [1.807, 2.05) is 18.2 Å². The molecule has 2 unspecified atom stereocenters. The largest absolute Gasteiger partial charge is 0.497 e. The molecule has 20 heavy (non-hydrogen) atoms. The topological polar surface area (TPSA) is 47.7 Å². The van der Waals surface area contributed by atoms with Crippen LogP contribution in [0.1, 0.15) is 38.8 Å². The minimum atomic E-state index is 0.139. The van der Waals surface area contributed by atoms with Crippen LogP contribution in [0.5, 0.6) is 11.5 Å². The molecule has 0 aromatic heterocycles. The number of nitrogens with two attached hydrogens (primary N) is 1. The molecular weight excluding hydrogens is 252 g/mol. The smallest absolute Gasteiger partial charge is 0.123 e. The van der Waals surface area contributed by atoms with Gasteiger partial charge in [0, 0.05) is 18.2 Å². The van der Waals surface area contributed by atoms with Gasteiger partial charge in [-0.05, 0) is 38.1 Å². The first kappa shape index (κ1) is 16.8. The second kappa shape index (κ2) is 8.12. The van der Waals surface area contributed by atoms with E-state index in [0.29, 0.717) is 12.6 Å². The van der Waals surface area contributed by atoms with Crippen LogP contribution in [-0.2, 0) is 0 Å². The summed E-state index contributed by atoms with van der Waals surface area (Å²) >= 11 is 0. The van der Waals surface area contributed by atoms with Crippen molar-refractivity contribution in [3.8, 4) is 11.5 Å². The fourth-order valence-corrected chi connectivity index (χ4v) is 2.61. The van der Waals surface area contributed by atoms with Gasteiger partial charge in [0.05, 0.1) is 20.3 Å². The van der Waals surface area contributed by atoms with Crippen molar-refractivity contribution >= 4 is 0 Å². The Morgan fingerprint density at radius 3 is 2.35 bits per heavy atom. The van der Waals surface area contributed by atoms with E-state index in [2.05, 4.69) is 25.7 Å². The summed E-state index contributed by atoms with van der Waals surface area (Å²) in [4.78, 5) is 2.41. The SMILES string of the molecule is CCC(C)N(CC)C(CN)c1cc(OC)ccc1OC. The summed E-state index contributed by atoms with van der Waals surface area (Å²) in [6.45, 7) is 8.11. The van der Waals surface area contributed by atoms with Crippen LogP contribution in [0, 0.1) is 0 Å². The summed E-state index contributed by atoms with van der Waals surface area (Å²) in [6.07, 6.45) is 1.09. The van der Waals surface area contributed by atoms with Gasteiger partial charge in [-0.15, -0.1) is 0 Å². The predicted molar refractivity (Wildman–Crippen MR) is 83.5 cm³/mol. The van der Waals surface area contributed by atoms with Gasteiger partial charge in [0.25, 0.3) is 0 Å². The molecule has 0 saturated carbocycles. The number of rotatable bonds is 8. The zero-order chi connectivity index (χ0) is 15.1. The molecule has 4 nitrogen and oxygen atoms in total. The Morgan fingerprint density at radius 1 is 1.20 bits per heavy atom. The summed E-state index contributed by atoms with van der Waals surface area (Å²) in [6, 6.07) is 6.50. The highest BCUT2D eigenvalue weighted by atomic mass is 16.5. The molecule has 1 aromatic carbocycles. The van der Waals surface area contributed by atoms with Gasteiger partial charge in [-0.3, -0.25) is 4.90 Å². The molecule has 2 N–H and O–H groups in total. The van der Waals surface area contributed by atoms with Crippen molar-refractivity contribution in [2.75, 3.05) is 27.3 Å². The molecule has 1 rings (SSSR count). The molecule has 0 heterocycles. The van der Waals surface area contributed by atoms with Crippen molar-refractivity contribution in [1.82, 2.24) is 4.90 Å². The first-order valence-electron chi connectivity index (χ1n) is 7.30. The molecule has 2 atom stereocenters. The molecular formula is C16H28N2O2. The third-order valence-electron chi connectivity index (χ3n) is 3.94. The predicted octanol–water partition coefficient (Wildman–Crippen LogP) is 2.82. The summed E-state index contributed by atoms with van der Waals surface area (Å²) in [5.74, 6) is 1.70. The van der Waals surface area contributed by atoms with Gasteiger partial charge in [0.2, 0.25) is 0 Å². The van der Waals surface area contributed by atoms with Crippen LogP contribution < -0.4 is 15.2 Å². The molecule has 0 aliphatic heterocycles. The van der Waals surface area contributed by atoms with E-state index < -0.39 is 0 Å². The van der Waals surface area contributed by atoms with E-state index in [4.69, 9.17) is 15.2 Å². The van der Waals surface area contributed by atoms with Crippen LogP contribution >= 0.6 is 0 Å². The third-order valence-corrected chi connectivity index (χ3v) is 3.94. The Balaban J connectivity index is 3.21. The zero-order valence-electron chi connectivity index (χ0n) is 13.3. The van der Waals surface area contributed by atoms with E-state index in [0.717, 1.165) is 30.0 Å². The zero-order valence-corrected chi connectivity index (χ0v) is 13.3. The lowest BCUT2D eigenvalue weighted by Gasteiger charge is -2.35. The lowest BCUT2D eigenvalue weighted by Crippen LogP contribution is -2.39. The van der Waals surface area contributed by atoms with Crippen molar-refractivity contribution in [2.24, 2.45) is 5.73 Å². The second-order valence-corrected chi connectivity index (χ2v) is 4.95. The van der Waals surface area contributed by atoms with Crippen molar-refractivity contribution in [2.45, 2.75) is 39.3 Å². The van der Waals surface area contributed by atoms with Gasteiger partial charge in [0.15, 0.2) is 0 Å². The number of methoxy groups -OCH3 is 2. The highest BCUT2D eigenvalue weighted by Crippen LogP contribution is 2.33. The highest BCUT2D eigenvalue weighted by Gasteiger charge is 2.24. The maximum absolute atomic E-state index is 6.05.